The lowest BCUT2D eigenvalue weighted by Crippen LogP contribution is -2.53. The van der Waals surface area contributed by atoms with Crippen molar-refractivity contribution >= 4 is 33.1 Å². The van der Waals surface area contributed by atoms with E-state index in [1.165, 1.54) is 22.6 Å². The van der Waals surface area contributed by atoms with Gasteiger partial charge in [0.25, 0.3) is 5.91 Å². The topological polar surface area (TPSA) is 50.6 Å². The summed E-state index contributed by atoms with van der Waals surface area (Å²) in [6, 6.07) is 18.7. The van der Waals surface area contributed by atoms with Crippen LogP contribution in [0.15, 0.2) is 54.6 Å². The molecule has 1 fully saturated rings. The van der Waals surface area contributed by atoms with Gasteiger partial charge in [-0.05, 0) is 49.7 Å². The van der Waals surface area contributed by atoms with Gasteiger partial charge >= 0.3 is 0 Å². The number of benzene rings is 2. The van der Waals surface area contributed by atoms with E-state index in [0.29, 0.717) is 13.1 Å². The van der Waals surface area contributed by atoms with Crippen LogP contribution in [-0.4, -0.2) is 53.4 Å². The molecule has 3 heterocycles. The molecule has 0 N–H and O–H groups in total. The van der Waals surface area contributed by atoms with Crippen LogP contribution in [0, 0.1) is 6.92 Å². The summed E-state index contributed by atoms with van der Waals surface area (Å²) in [4.78, 5) is 19.6. The molecule has 1 saturated heterocycles. The van der Waals surface area contributed by atoms with Crippen LogP contribution in [0.1, 0.15) is 22.2 Å². The highest BCUT2D eigenvalue weighted by molar-refractivity contribution is 7.20. The van der Waals surface area contributed by atoms with Gasteiger partial charge in [0.2, 0.25) is 0 Å². The number of carbonyl (C=O) groups is 1. The molecule has 170 valence electrons. The van der Waals surface area contributed by atoms with Crippen molar-refractivity contribution in [1.29, 1.82) is 0 Å². The lowest BCUT2D eigenvalue weighted by atomic mass is 10.1. The SMILES string of the molecule is COc1cccc(-c2nn(C)c3sc(C(=O)N4CCN(c5cccc(C)c5)[C@H](C)C4)cc23)c1. The van der Waals surface area contributed by atoms with Crippen LogP contribution >= 0.6 is 11.3 Å². The Morgan fingerprint density at radius 1 is 1.12 bits per heavy atom. The minimum absolute atomic E-state index is 0.100. The van der Waals surface area contributed by atoms with Gasteiger partial charge in [0.1, 0.15) is 16.3 Å². The number of nitrogens with zero attached hydrogens (tertiary/aromatic N) is 4. The van der Waals surface area contributed by atoms with Gasteiger partial charge in [-0.25, -0.2) is 0 Å². The number of methoxy groups -OCH3 is 1. The first-order valence-electron chi connectivity index (χ1n) is 11.2. The Kier molecular flexibility index (Phi) is 5.58. The second kappa shape index (κ2) is 8.56. The molecule has 7 heteroatoms. The predicted molar refractivity (Wildman–Crippen MR) is 134 cm³/mol. The first kappa shape index (κ1) is 21.5. The third-order valence-electron chi connectivity index (χ3n) is 6.31. The van der Waals surface area contributed by atoms with Gasteiger partial charge in [-0.15, -0.1) is 11.3 Å². The molecule has 6 nitrogen and oxygen atoms in total. The zero-order chi connectivity index (χ0) is 23.1. The molecule has 0 saturated carbocycles. The molecule has 0 unspecified atom stereocenters. The van der Waals surface area contributed by atoms with Crippen molar-refractivity contribution in [3.8, 4) is 17.0 Å². The van der Waals surface area contributed by atoms with Crippen molar-refractivity contribution in [2.75, 3.05) is 31.6 Å². The standard InChI is InChI=1S/C26H28N4O2S/c1-17-7-5-9-20(13-17)30-12-11-29(16-18(30)2)25(31)23-15-22-24(27-28(3)26(22)33-23)19-8-6-10-21(14-19)32-4/h5-10,13-15,18H,11-12,16H2,1-4H3/t18-/m1/s1. The molecule has 2 aromatic heterocycles. The minimum atomic E-state index is 0.100. The van der Waals surface area contributed by atoms with E-state index in [-0.39, 0.29) is 11.9 Å². The number of piperazine rings is 1. The molecular formula is C26H28N4O2S. The highest BCUT2D eigenvalue weighted by atomic mass is 32.1. The first-order chi connectivity index (χ1) is 15.9. The quantitative estimate of drug-likeness (QED) is 0.432. The number of rotatable bonds is 4. The number of amides is 1. The molecule has 1 atom stereocenters. The van der Waals surface area contributed by atoms with Crippen LogP contribution in [-0.2, 0) is 7.05 Å². The maximum absolute atomic E-state index is 13.4. The molecule has 1 aliphatic heterocycles. The smallest absolute Gasteiger partial charge is 0.264 e. The van der Waals surface area contributed by atoms with E-state index in [4.69, 9.17) is 9.84 Å². The van der Waals surface area contributed by atoms with Crippen molar-refractivity contribution in [2.45, 2.75) is 19.9 Å². The summed E-state index contributed by atoms with van der Waals surface area (Å²) in [5.74, 6) is 0.891. The average molecular weight is 461 g/mol. The van der Waals surface area contributed by atoms with Gasteiger partial charge in [-0.3, -0.25) is 9.48 Å². The maximum Gasteiger partial charge on any atom is 0.264 e. The zero-order valence-electron chi connectivity index (χ0n) is 19.4. The van der Waals surface area contributed by atoms with Gasteiger partial charge in [-0.2, -0.15) is 5.10 Å². The highest BCUT2D eigenvalue weighted by Crippen LogP contribution is 2.35. The number of anilines is 1. The van der Waals surface area contributed by atoms with E-state index in [9.17, 15) is 4.79 Å². The Balaban J connectivity index is 1.39. The predicted octanol–water partition coefficient (Wildman–Crippen LogP) is 4.97. The molecule has 0 bridgehead atoms. The number of fused-ring (bicyclic) bond motifs is 1. The van der Waals surface area contributed by atoms with E-state index in [2.05, 4.69) is 43.0 Å². The summed E-state index contributed by atoms with van der Waals surface area (Å²) >= 11 is 1.52. The van der Waals surface area contributed by atoms with Crippen molar-refractivity contribution in [2.24, 2.45) is 7.05 Å². The molecule has 4 aromatic rings. The monoisotopic (exact) mass is 460 g/mol. The van der Waals surface area contributed by atoms with Crippen LogP contribution in [0.4, 0.5) is 5.69 Å². The molecular weight excluding hydrogens is 432 g/mol. The average Bonchev–Trinajstić information content (AvgIpc) is 3.39. The van der Waals surface area contributed by atoms with Crippen LogP contribution in [0.5, 0.6) is 5.75 Å². The fourth-order valence-electron chi connectivity index (χ4n) is 4.62. The number of hydrogen-bond acceptors (Lipinski definition) is 5. The third kappa shape index (κ3) is 3.97. The summed E-state index contributed by atoms with van der Waals surface area (Å²) < 4.78 is 7.24. The number of hydrogen-bond donors (Lipinski definition) is 0. The fourth-order valence-corrected chi connectivity index (χ4v) is 5.66. The first-order valence-corrected chi connectivity index (χ1v) is 12.0. The number of ether oxygens (including phenoxy) is 1. The van der Waals surface area contributed by atoms with Crippen molar-refractivity contribution in [3.63, 3.8) is 0 Å². The Bertz CT molecular complexity index is 1330. The van der Waals surface area contributed by atoms with Crippen molar-refractivity contribution in [1.82, 2.24) is 14.7 Å². The van der Waals surface area contributed by atoms with E-state index >= 15 is 0 Å². The van der Waals surface area contributed by atoms with Crippen molar-refractivity contribution in [3.05, 3.63) is 65.0 Å². The number of aromatic nitrogens is 2. The molecule has 5 rings (SSSR count). The van der Waals surface area contributed by atoms with E-state index < -0.39 is 0 Å². The highest BCUT2D eigenvalue weighted by Gasteiger charge is 2.29. The Morgan fingerprint density at radius 3 is 2.70 bits per heavy atom. The lowest BCUT2D eigenvalue weighted by Gasteiger charge is -2.41. The third-order valence-corrected chi connectivity index (χ3v) is 7.50. The Hall–Kier alpha value is -3.32. The summed E-state index contributed by atoms with van der Waals surface area (Å²) in [6.07, 6.45) is 0. The maximum atomic E-state index is 13.4. The molecule has 0 aliphatic carbocycles. The number of aryl methyl sites for hydroxylation is 2. The van der Waals surface area contributed by atoms with Crippen LogP contribution in [0.25, 0.3) is 21.5 Å². The summed E-state index contributed by atoms with van der Waals surface area (Å²) in [5.41, 5.74) is 4.34. The molecule has 1 aliphatic rings. The Morgan fingerprint density at radius 2 is 1.94 bits per heavy atom. The lowest BCUT2D eigenvalue weighted by molar-refractivity contribution is 0.0731. The number of carbonyl (C=O) groups excluding carboxylic acids is 1. The summed E-state index contributed by atoms with van der Waals surface area (Å²) in [6.45, 7) is 6.56. The second-order valence-electron chi connectivity index (χ2n) is 8.67. The van der Waals surface area contributed by atoms with Crippen LogP contribution in [0.2, 0.25) is 0 Å². The normalized spacial score (nSPS) is 16.4. The van der Waals surface area contributed by atoms with Gasteiger partial charge < -0.3 is 14.5 Å². The molecule has 0 spiro atoms. The zero-order valence-corrected chi connectivity index (χ0v) is 20.2. The molecule has 0 radical (unpaired) electrons. The summed E-state index contributed by atoms with van der Waals surface area (Å²) in [7, 11) is 3.59. The molecule has 2 aromatic carbocycles. The van der Waals surface area contributed by atoms with Crippen LogP contribution in [0.3, 0.4) is 0 Å². The van der Waals surface area contributed by atoms with Gasteiger partial charge in [0.15, 0.2) is 0 Å². The van der Waals surface area contributed by atoms with Crippen molar-refractivity contribution < 1.29 is 9.53 Å². The molecule has 1 amide bonds. The van der Waals surface area contributed by atoms with E-state index in [0.717, 1.165) is 38.6 Å². The Labute approximate surface area is 198 Å². The summed E-state index contributed by atoms with van der Waals surface area (Å²) in [5, 5.41) is 5.72. The minimum Gasteiger partial charge on any atom is -0.497 e. The largest absolute Gasteiger partial charge is 0.497 e. The van der Waals surface area contributed by atoms with Crippen LogP contribution < -0.4 is 9.64 Å². The van der Waals surface area contributed by atoms with E-state index in [1.54, 1.807) is 7.11 Å². The number of thiophene rings is 1. The van der Waals surface area contributed by atoms with Gasteiger partial charge in [0, 0.05) is 49.4 Å². The second-order valence-corrected chi connectivity index (χ2v) is 9.70. The van der Waals surface area contributed by atoms with E-state index in [1.807, 2.05) is 47.0 Å². The molecule has 33 heavy (non-hydrogen) atoms. The fraction of sp³-hybridized carbons (Fsp3) is 0.308. The van der Waals surface area contributed by atoms with Gasteiger partial charge in [0.05, 0.1) is 12.0 Å². The van der Waals surface area contributed by atoms with Gasteiger partial charge in [-0.1, -0.05) is 24.3 Å².